The van der Waals surface area contributed by atoms with Crippen LogP contribution in [0.25, 0.3) is 0 Å². The fraction of sp³-hybridized carbons (Fsp3) is 0.394. The second-order valence-corrected chi connectivity index (χ2v) is 11.1. The Morgan fingerprint density at radius 1 is 1.00 bits per heavy atom. The SMILES string of the molecule is O=C(Cc1cccc(F)c1CC[C@@H]1CN[C@H](COC(=O)CCC(F)(F)F)CO1)C[C@H](c1ccccc1)c1ccc(Cl)cc1. The lowest BCUT2D eigenvalue weighted by atomic mass is 9.85. The highest BCUT2D eigenvalue weighted by atomic mass is 35.5. The van der Waals surface area contributed by atoms with Crippen molar-refractivity contribution in [3.63, 3.8) is 0 Å². The molecule has 1 heterocycles. The largest absolute Gasteiger partial charge is 0.464 e. The standard InChI is InChI=1S/C33H34ClF4NO4/c34-25-11-9-23(10-12-25)30(22-5-2-1-3-6-22)18-27(40)17-24-7-4-8-31(35)29(24)14-13-28-19-39-26(20-42-28)21-43-32(41)15-16-33(36,37)38/h1-12,26,28,30,39H,13-21H2/t26-,28+,30+/m0/s1. The molecular weight excluding hydrogens is 586 g/mol. The molecule has 3 aromatic carbocycles. The summed E-state index contributed by atoms with van der Waals surface area (Å²) in [5.41, 5.74) is 3.09. The van der Waals surface area contributed by atoms with Crippen LogP contribution in [0.4, 0.5) is 17.6 Å². The first-order valence-electron chi connectivity index (χ1n) is 14.2. The highest BCUT2D eigenvalue weighted by Gasteiger charge is 2.29. The summed E-state index contributed by atoms with van der Waals surface area (Å²) >= 11 is 6.08. The van der Waals surface area contributed by atoms with Crippen molar-refractivity contribution in [1.82, 2.24) is 5.32 Å². The zero-order valence-electron chi connectivity index (χ0n) is 23.5. The smallest absolute Gasteiger partial charge is 0.389 e. The zero-order chi connectivity index (χ0) is 30.8. The van der Waals surface area contributed by atoms with E-state index < -0.39 is 25.0 Å². The van der Waals surface area contributed by atoms with Crippen molar-refractivity contribution in [2.75, 3.05) is 19.8 Å². The van der Waals surface area contributed by atoms with Gasteiger partial charge < -0.3 is 14.8 Å². The van der Waals surface area contributed by atoms with Gasteiger partial charge in [0.2, 0.25) is 0 Å². The summed E-state index contributed by atoms with van der Waals surface area (Å²) in [6.45, 7) is 0.516. The van der Waals surface area contributed by atoms with Gasteiger partial charge in [0, 0.05) is 30.3 Å². The molecule has 0 amide bonds. The van der Waals surface area contributed by atoms with Gasteiger partial charge in [-0.1, -0.05) is 66.2 Å². The number of morpholine rings is 1. The number of ether oxygens (including phenoxy) is 2. The van der Waals surface area contributed by atoms with Gasteiger partial charge in [0.15, 0.2) is 0 Å². The average Bonchev–Trinajstić information content (AvgIpc) is 2.99. The quantitative estimate of drug-likeness (QED) is 0.165. The third-order valence-corrected chi connectivity index (χ3v) is 7.70. The molecule has 230 valence electrons. The maximum absolute atomic E-state index is 15.0. The van der Waals surface area contributed by atoms with Crippen molar-refractivity contribution in [3.8, 4) is 0 Å². The first-order valence-corrected chi connectivity index (χ1v) is 14.6. The number of benzene rings is 3. The normalized spacial score (nSPS) is 17.8. The first-order chi connectivity index (χ1) is 20.6. The van der Waals surface area contributed by atoms with E-state index in [9.17, 15) is 27.2 Å². The molecular formula is C33H34ClF4NO4. The highest BCUT2D eigenvalue weighted by molar-refractivity contribution is 6.30. The van der Waals surface area contributed by atoms with Crippen LogP contribution >= 0.6 is 11.6 Å². The Hall–Kier alpha value is -3.27. The van der Waals surface area contributed by atoms with Crippen LogP contribution in [0.15, 0.2) is 72.8 Å². The molecule has 1 fully saturated rings. The lowest BCUT2D eigenvalue weighted by Gasteiger charge is -2.30. The third-order valence-electron chi connectivity index (χ3n) is 7.45. The molecule has 0 aromatic heterocycles. The molecule has 1 aliphatic rings. The van der Waals surface area contributed by atoms with E-state index in [0.717, 1.165) is 11.1 Å². The van der Waals surface area contributed by atoms with Gasteiger partial charge in [0.1, 0.15) is 18.2 Å². The zero-order valence-corrected chi connectivity index (χ0v) is 24.3. The first kappa shape index (κ1) is 32.6. The van der Waals surface area contributed by atoms with Crippen LogP contribution in [-0.2, 0) is 31.9 Å². The highest BCUT2D eigenvalue weighted by Crippen LogP contribution is 2.30. The predicted octanol–water partition coefficient (Wildman–Crippen LogP) is 6.99. The number of carbonyl (C=O) groups is 2. The number of esters is 1. The summed E-state index contributed by atoms with van der Waals surface area (Å²) < 4.78 is 62.5. The molecule has 3 atom stereocenters. The van der Waals surface area contributed by atoms with E-state index in [1.54, 1.807) is 24.3 Å². The molecule has 0 spiro atoms. The number of hydrogen-bond donors (Lipinski definition) is 1. The van der Waals surface area contributed by atoms with Gasteiger partial charge in [-0.05, 0) is 53.3 Å². The van der Waals surface area contributed by atoms with Crippen LogP contribution < -0.4 is 5.32 Å². The van der Waals surface area contributed by atoms with Crippen LogP contribution in [0.5, 0.6) is 0 Å². The van der Waals surface area contributed by atoms with Gasteiger partial charge in [0.05, 0.1) is 31.6 Å². The number of rotatable bonds is 13. The number of nitrogens with one attached hydrogen (secondary N) is 1. The molecule has 5 nitrogen and oxygen atoms in total. The Labute approximate surface area is 253 Å². The van der Waals surface area contributed by atoms with Gasteiger partial charge in [0.25, 0.3) is 0 Å². The Morgan fingerprint density at radius 3 is 2.40 bits per heavy atom. The van der Waals surface area contributed by atoms with E-state index >= 15 is 0 Å². The molecule has 0 bridgehead atoms. The van der Waals surface area contributed by atoms with E-state index in [4.69, 9.17) is 21.1 Å². The fourth-order valence-corrected chi connectivity index (χ4v) is 5.27. The molecule has 4 rings (SSSR count). The Morgan fingerprint density at radius 2 is 1.72 bits per heavy atom. The molecule has 0 unspecified atom stereocenters. The van der Waals surface area contributed by atoms with E-state index in [-0.39, 0.29) is 55.7 Å². The number of carbonyl (C=O) groups excluding carboxylic acids is 2. The van der Waals surface area contributed by atoms with Crippen LogP contribution in [-0.4, -0.2) is 49.8 Å². The molecule has 10 heteroatoms. The average molecular weight is 620 g/mol. The minimum atomic E-state index is -4.41. The van der Waals surface area contributed by atoms with Crippen molar-refractivity contribution in [1.29, 1.82) is 0 Å². The monoisotopic (exact) mass is 619 g/mol. The molecule has 1 N–H and O–H groups in total. The van der Waals surface area contributed by atoms with Crippen LogP contribution in [0.2, 0.25) is 5.02 Å². The van der Waals surface area contributed by atoms with Crippen LogP contribution in [0.3, 0.4) is 0 Å². The van der Waals surface area contributed by atoms with Crippen LogP contribution in [0, 0.1) is 5.82 Å². The molecule has 0 radical (unpaired) electrons. The molecule has 0 aliphatic carbocycles. The summed E-state index contributed by atoms with van der Waals surface area (Å²) in [6, 6.07) is 21.6. The Bertz CT molecular complexity index is 1340. The van der Waals surface area contributed by atoms with Crippen LogP contribution in [0.1, 0.15) is 53.9 Å². The van der Waals surface area contributed by atoms with E-state index in [2.05, 4.69) is 5.32 Å². The topological polar surface area (TPSA) is 64.6 Å². The summed E-state index contributed by atoms with van der Waals surface area (Å²) in [7, 11) is 0. The number of ketones is 1. The minimum absolute atomic E-state index is 0.0149. The second-order valence-electron chi connectivity index (χ2n) is 10.7. The minimum Gasteiger partial charge on any atom is -0.464 e. The maximum atomic E-state index is 15.0. The summed E-state index contributed by atoms with van der Waals surface area (Å²) in [4.78, 5) is 24.9. The Kier molecular flexibility index (Phi) is 11.7. The van der Waals surface area contributed by atoms with E-state index in [0.29, 0.717) is 35.5 Å². The lowest BCUT2D eigenvalue weighted by Crippen LogP contribution is -2.49. The second kappa shape index (κ2) is 15.5. The third kappa shape index (κ3) is 10.4. The van der Waals surface area contributed by atoms with E-state index in [1.165, 1.54) is 6.07 Å². The van der Waals surface area contributed by atoms with Crippen molar-refractivity contribution >= 4 is 23.4 Å². The number of alkyl halides is 3. The van der Waals surface area contributed by atoms with Crippen molar-refractivity contribution in [3.05, 3.63) is 106 Å². The van der Waals surface area contributed by atoms with Crippen molar-refractivity contribution in [2.45, 2.75) is 62.8 Å². The van der Waals surface area contributed by atoms with Gasteiger partial charge in [-0.25, -0.2) is 4.39 Å². The molecule has 1 saturated heterocycles. The van der Waals surface area contributed by atoms with Gasteiger partial charge in [-0.15, -0.1) is 0 Å². The van der Waals surface area contributed by atoms with E-state index in [1.807, 2.05) is 42.5 Å². The fourth-order valence-electron chi connectivity index (χ4n) is 5.15. The number of Topliss-reactive ketones (excluding diaryl/α,β-unsaturated/α-hetero) is 1. The molecule has 0 saturated carbocycles. The van der Waals surface area contributed by atoms with Gasteiger partial charge >= 0.3 is 12.1 Å². The van der Waals surface area contributed by atoms with Gasteiger partial charge in [-0.2, -0.15) is 13.2 Å². The Balaban J connectivity index is 1.30. The number of hydrogen-bond acceptors (Lipinski definition) is 5. The summed E-state index contributed by atoms with van der Waals surface area (Å²) in [6.07, 6.45) is -5.40. The van der Waals surface area contributed by atoms with Crippen molar-refractivity contribution in [2.24, 2.45) is 0 Å². The molecule has 3 aromatic rings. The summed E-state index contributed by atoms with van der Waals surface area (Å²) in [5, 5.41) is 3.78. The van der Waals surface area contributed by atoms with Crippen molar-refractivity contribution < 1.29 is 36.6 Å². The number of halogens is 5. The maximum Gasteiger partial charge on any atom is 0.389 e. The van der Waals surface area contributed by atoms with Gasteiger partial charge in [-0.3, -0.25) is 9.59 Å². The lowest BCUT2D eigenvalue weighted by molar-refractivity contribution is -0.158. The molecule has 1 aliphatic heterocycles. The predicted molar refractivity (Wildman–Crippen MR) is 156 cm³/mol. The molecule has 43 heavy (non-hydrogen) atoms. The summed E-state index contributed by atoms with van der Waals surface area (Å²) in [5.74, 6) is -1.47.